The number of thioether (sulfide) groups is 1. The standard InChI is InChI=1S/C17H33NO2S/c1-6-17(4,5)13-9-10-14(18-7-2)15(11-13)21-12-16(19)20-8-3/h13-15,18H,6-12H2,1-5H3. The zero-order valence-electron chi connectivity index (χ0n) is 14.4. The summed E-state index contributed by atoms with van der Waals surface area (Å²) in [6.45, 7) is 12.6. The van der Waals surface area contributed by atoms with Crippen LogP contribution in [-0.4, -0.2) is 36.2 Å². The molecule has 1 aliphatic rings. The summed E-state index contributed by atoms with van der Waals surface area (Å²) in [7, 11) is 0. The SMILES string of the molecule is CCNC1CCC(C(C)(C)CC)CC1SCC(=O)OCC. The molecule has 4 heteroatoms. The van der Waals surface area contributed by atoms with E-state index in [-0.39, 0.29) is 5.97 Å². The summed E-state index contributed by atoms with van der Waals surface area (Å²) in [4.78, 5) is 11.6. The summed E-state index contributed by atoms with van der Waals surface area (Å²) >= 11 is 1.79. The summed E-state index contributed by atoms with van der Waals surface area (Å²) in [5.41, 5.74) is 0.403. The number of hydrogen-bond acceptors (Lipinski definition) is 4. The summed E-state index contributed by atoms with van der Waals surface area (Å²) in [6, 6.07) is 0.540. The average Bonchev–Trinajstić information content (AvgIpc) is 2.46. The summed E-state index contributed by atoms with van der Waals surface area (Å²) in [5, 5.41) is 4.13. The third kappa shape index (κ3) is 5.82. The van der Waals surface area contributed by atoms with E-state index in [0.29, 0.717) is 29.1 Å². The van der Waals surface area contributed by atoms with Crippen LogP contribution in [0.25, 0.3) is 0 Å². The van der Waals surface area contributed by atoms with E-state index >= 15 is 0 Å². The smallest absolute Gasteiger partial charge is 0.315 e. The first-order valence-electron chi connectivity index (χ1n) is 8.45. The number of rotatable bonds is 8. The van der Waals surface area contributed by atoms with Gasteiger partial charge >= 0.3 is 5.97 Å². The van der Waals surface area contributed by atoms with Crippen LogP contribution in [0.5, 0.6) is 0 Å². The second-order valence-electron chi connectivity index (χ2n) is 6.67. The third-order valence-corrected chi connectivity index (χ3v) is 6.35. The van der Waals surface area contributed by atoms with E-state index in [1.807, 2.05) is 6.92 Å². The highest BCUT2D eigenvalue weighted by molar-refractivity contribution is 8.00. The Bertz CT molecular complexity index is 320. The van der Waals surface area contributed by atoms with Crippen molar-refractivity contribution in [3.8, 4) is 0 Å². The van der Waals surface area contributed by atoms with E-state index in [0.717, 1.165) is 12.5 Å². The van der Waals surface area contributed by atoms with Crippen LogP contribution < -0.4 is 5.32 Å². The van der Waals surface area contributed by atoms with Gasteiger partial charge in [0.1, 0.15) is 0 Å². The van der Waals surface area contributed by atoms with Crippen molar-refractivity contribution in [3.63, 3.8) is 0 Å². The number of carbonyl (C=O) groups excluding carboxylic acids is 1. The molecule has 0 aromatic carbocycles. The van der Waals surface area contributed by atoms with E-state index in [9.17, 15) is 4.79 Å². The highest BCUT2D eigenvalue weighted by Crippen LogP contribution is 2.43. The van der Waals surface area contributed by atoms with Gasteiger partial charge in [0.05, 0.1) is 12.4 Å². The summed E-state index contributed by atoms with van der Waals surface area (Å²) in [6.07, 6.45) is 4.96. The van der Waals surface area contributed by atoms with Crippen molar-refractivity contribution < 1.29 is 9.53 Å². The average molecular weight is 316 g/mol. The van der Waals surface area contributed by atoms with Crippen molar-refractivity contribution in [1.29, 1.82) is 0 Å². The fraction of sp³-hybridized carbons (Fsp3) is 0.941. The minimum Gasteiger partial charge on any atom is -0.465 e. The zero-order valence-corrected chi connectivity index (χ0v) is 15.2. The molecule has 0 amide bonds. The van der Waals surface area contributed by atoms with Crippen LogP contribution in [-0.2, 0) is 9.53 Å². The third-order valence-electron chi connectivity index (χ3n) is 5.00. The van der Waals surface area contributed by atoms with Crippen LogP contribution in [0.15, 0.2) is 0 Å². The van der Waals surface area contributed by atoms with Crippen molar-refractivity contribution >= 4 is 17.7 Å². The maximum absolute atomic E-state index is 11.6. The Hall–Kier alpha value is -0.220. The summed E-state index contributed by atoms with van der Waals surface area (Å²) in [5.74, 6) is 1.17. The predicted molar refractivity (Wildman–Crippen MR) is 91.8 cm³/mol. The maximum atomic E-state index is 11.6. The van der Waals surface area contributed by atoms with Gasteiger partial charge in [-0.2, -0.15) is 0 Å². The van der Waals surface area contributed by atoms with Crippen molar-refractivity contribution in [2.24, 2.45) is 11.3 Å². The molecular formula is C17H33NO2S. The van der Waals surface area contributed by atoms with Gasteiger partial charge in [-0.05, 0) is 44.1 Å². The topological polar surface area (TPSA) is 38.3 Å². The molecule has 124 valence electrons. The monoisotopic (exact) mass is 315 g/mol. The molecule has 3 nitrogen and oxygen atoms in total. The normalized spacial score (nSPS) is 26.6. The van der Waals surface area contributed by atoms with Gasteiger partial charge in [-0.25, -0.2) is 0 Å². The second kappa shape index (κ2) is 9.04. The van der Waals surface area contributed by atoms with Crippen LogP contribution in [0.4, 0.5) is 0 Å². The Kier molecular flexibility index (Phi) is 8.10. The predicted octanol–water partition coefficient (Wildman–Crippen LogP) is 3.87. The maximum Gasteiger partial charge on any atom is 0.315 e. The first-order valence-corrected chi connectivity index (χ1v) is 9.50. The fourth-order valence-corrected chi connectivity index (χ4v) is 4.45. The minimum atomic E-state index is -0.0744. The molecular weight excluding hydrogens is 282 g/mol. The number of hydrogen-bond donors (Lipinski definition) is 1. The molecule has 3 unspecified atom stereocenters. The van der Waals surface area contributed by atoms with Crippen molar-refractivity contribution in [2.45, 2.75) is 71.6 Å². The Balaban J connectivity index is 2.61. The number of nitrogens with one attached hydrogen (secondary N) is 1. The van der Waals surface area contributed by atoms with Crippen LogP contribution in [0.1, 0.15) is 60.3 Å². The summed E-state index contributed by atoms with van der Waals surface area (Å²) < 4.78 is 5.06. The quantitative estimate of drug-likeness (QED) is 0.690. The van der Waals surface area contributed by atoms with Gasteiger partial charge in [0.2, 0.25) is 0 Å². The number of esters is 1. The van der Waals surface area contributed by atoms with E-state index in [1.165, 1.54) is 25.7 Å². The Morgan fingerprint density at radius 3 is 2.57 bits per heavy atom. The van der Waals surface area contributed by atoms with E-state index in [4.69, 9.17) is 4.74 Å². The first-order chi connectivity index (χ1) is 9.94. The van der Waals surface area contributed by atoms with Crippen molar-refractivity contribution in [2.75, 3.05) is 18.9 Å². The van der Waals surface area contributed by atoms with E-state index in [2.05, 4.69) is 33.0 Å². The van der Waals surface area contributed by atoms with Gasteiger partial charge in [-0.1, -0.05) is 34.1 Å². The van der Waals surface area contributed by atoms with Gasteiger partial charge in [-0.15, -0.1) is 11.8 Å². The molecule has 0 saturated heterocycles. The molecule has 1 rings (SSSR count). The van der Waals surface area contributed by atoms with Gasteiger partial charge in [0.15, 0.2) is 0 Å². The lowest BCUT2D eigenvalue weighted by Crippen LogP contribution is -2.45. The van der Waals surface area contributed by atoms with Crippen molar-refractivity contribution in [3.05, 3.63) is 0 Å². The van der Waals surface area contributed by atoms with E-state index in [1.54, 1.807) is 11.8 Å². The molecule has 0 spiro atoms. The highest BCUT2D eigenvalue weighted by Gasteiger charge is 2.37. The molecule has 1 aliphatic carbocycles. The molecule has 1 fully saturated rings. The van der Waals surface area contributed by atoms with Crippen LogP contribution in [0.2, 0.25) is 0 Å². The fourth-order valence-electron chi connectivity index (χ4n) is 3.19. The molecule has 1 N–H and O–H groups in total. The molecule has 0 aliphatic heterocycles. The van der Waals surface area contributed by atoms with Crippen LogP contribution >= 0.6 is 11.8 Å². The second-order valence-corrected chi connectivity index (χ2v) is 7.90. The molecule has 0 aromatic rings. The molecule has 0 aromatic heterocycles. The molecule has 3 atom stereocenters. The van der Waals surface area contributed by atoms with Crippen molar-refractivity contribution in [1.82, 2.24) is 5.32 Å². The highest BCUT2D eigenvalue weighted by atomic mass is 32.2. The molecule has 0 radical (unpaired) electrons. The molecule has 1 saturated carbocycles. The van der Waals surface area contributed by atoms with Gasteiger partial charge < -0.3 is 10.1 Å². The minimum absolute atomic E-state index is 0.0744. The Morgan fingerprint density at radius 2 is 2.00 bits per heavy atom. The lowest BCUT2D eigenvalue weighted by atomic mass is 9.68. The zero-order chi connectivity index (χ0) is 15.9. The number of ether oxygens (including phenoxy) is 1. The molecule has 0 heterocycles. The number of carbonyl (C=O) groups is 1. The lowest BCUT2D eigenvalue weighted by Gasteiger charge is -2.43. The largest absolute Gasteiger partial charge is 0.465 e. The van der Waals surface area contributed by atoms with Gasteiger partial charge in [0, 0.05) is 11.3 Å². The van der Waals surface area contributed by atoms with Gasteiger partial charge in [0.25, 0.3) is 0 Å². The molecule has 0 bridgehead atoms. The van der Waals surface area contributed by atoms with Gasteiger partial charge in [-0.3, -0.25) is 4.79 Å². The molecule has 21 heavy (non-hydrogen) atoms. The van der Waals surface area contributed by atoms with Crippen LogP contribution in [0.3, 0.4) is 0 Å². The van der Waals surface area contributed by atoms with E-state index < -0.39 is 0 Å². The van der Waals surface area contributed by atoms with Crippen LogP contribution in [0, 0.1) is 11.3 Å². The Morgan fingerprint density at radius 1 is 1.29 bits per heavy atom. The lowest BCUT2D eigenvalue weighted by molar-refractivity contribution is -0.139. The Labute approximate surface area is 135 Å². The first kappa shape index (κ1) is 18.8.